The van der Waals surface area contributed by atoms with Crippen LogP contribution in [0.5, 0.6) is 0 Å². The molecule has 0 aliphatic heterocycles. The monoisotopic (exact) mass is 1130 g/mol. The Balaban J connectivity index is 0.000000236. The number of pyridine rings is 1. The van der Waals surface area contributed by atoms with Crippen molar-refractivity contribution in [2.24, 2.45) is 5.92 Å². The van der Waals surface area contributed by atoms with E-state index in [9.17, 15) is 8.78 Å². The summed E-state index contributed by atoms with van der Waals surface area (Å²) in [6.07, 6.45) is 0.562. The van der Waals surface area contributed by atoms with Crippen LogP contribution in [0.4, 0.5) is 8.78 Å². The molecule has 10 rings (SSSR count). The molecule has 3 heterocycles. The third kappa shape index (κ3) is 9.57. The molecule has 341 valence electrons. The first-order valence-electron chi connectivity index (χ1n) is 23.8. The molecule has 0 atom stereocenters. The van der Waals surface area contributed by atoms with Gasteiger partial charge < -0.3 is 8.98 Å². The van der Waals surface area contributed by atoms with Gasteiger partial charge in [-0.05, 0) is 63.7 Å². The Morgan fingerprint density at radius 3 is 2.09 bits per heavy atom. The molecule has 1 radical (unpaired) electrons. The fourth-order valence-corrected chi connectivity index (χ4v) is 11.9. The van der Waals surface area contributed by atoms with Gasteiger partial charge in [-0.2, -0.15) is 0 Å². The largest absolute Gasteiger partial charge is 0 e. The summed E-state index contributed by atoms with van der Waals surface area (Å²) in [6.45, 7) is 12.8. The van der Waals surface area contributed by atoms with Crippen molar-refractivity contribution < 1.29 is 36.0 Å². The molecule has 10 aromatic rings. The van der Waals surface area contributed by atoms with Gasteiger partial charge in [-0.25, -0.2) is 8.78 Å². The third-order valence-corrected chi connectivity index (χ3v) is 16.3. The second-order valence-corrected chi connectivity index (χ2v) is 29.6. The van der Waals surface area contributed by atoms with Gasteiger partial charge >= 0.3 is 128 Å². The summed E-state index contributed by atoms with van der Waals surface area (Å²) < 4.78 is 55.4. The van der Waals surface area contributed by atoms with Crippen molar-refractivity contribution in [3.05, 3.63) is 180 Å². The van der Waals surface area contributed by atoms with E-state index in [0.717, 1.165) is 76.9 Å². The number of hydrogen-bond donors (Lipinski definition) is 0. The van der Waals surface area contributed by atoms with E-state index in [1.165, 1.54) is 23.3 Å². The number of imidazole rings is 1. The third-order valence-electron chi connectivity index (χ3n) is 12.1. The van der Waals surface area contributed by atoms with Crippen LogP contribution in [0.15, 0.2) is 144 Å². The van der Waals surface area contributed by atoms with Crippen molar-refractivity contribution in [1.29, 1.82) is 0 Å². The fourth-order valence-electron chi connectivity index (χ4n) is 8.99. The van der Waals surface area contributed by atoms with Crippen molar-refractivity contribution in [3.63, 3.8) is 0 Å². The first kappa shape index (κ1) is 45.1. The van der Waals surface area contributed by atoms with Crippen molar-refractivity contribution >= 4 is 61.4 Å². The van der Waals surface area contributed by atoms with Gasteiger partial charge in [-0.3, -0.25) is 4.98 Å². The summed E-state index contributed by atoms with van der Waals surface area (Å²) in [5.41, 5.74) is 11.2. The summed E-state index contributed by atoms with van der Waals surface area (Å²) in [7, 11) is 0. The number of aromatic nitrogens is 3. The Labute approximate surface area is 412 Å². The average molecular weight is 1130 g/mol. The second kappa shape index (κ2) is 19.5. The molecule has 67 heavy (non-hydrogen) atoms. The van der Waals surface area contributed by atoms with Crippen LogP contribution in [0.3, 0.4) is 0 Å². The summed E-state index contributed by atoms with van der Waals surface area (Å²) in [4.78, 5) is 9.90. The van der Waals surface area contributed by atoms with E-state index in [0.29, 0.717) is 22.3 Å². The van der Waals surface area contributed by atoms with Gasteiger partial charge in [0.05, 0.1) is 22.4 Å². The molecule has 0 fully saturated rings. The minimum absolute atomic E-state index is 0. The van der Waals surface area contributed by atoms with E-state index in [1.54, 1.807) is 0 Å². The molecule has 0 spiro atoms. The Kier molecular flexibility index (Phi) is 13.1. The number of halogens is 2. The van der Waals surface area contributed by atoms with Crippen LogP contribution in [0.2, 0.25) is 17.3 Å². The normalized spacial score (nSPS) is 12.5. The smallest absolute Gasteiger partial charge is 0 e. The fraction of sp³-hybridized carbons (Fsp3) is 0.220. The Morgan fingerprint density at radius 2 is 1.42 bits per heavy atom. The number of para-hydroxylation sites is 1. The van der Waals surface area contributed by atoms with E-state index >= 15 is 0 Å². The minimum atomic E-state index is -2.20. The topological polar surface area (TPSA) is 43.9 Å². The molecule has 0 N–H and O–H groups in total. The number of hydrogen-bond acceptors (Lipinski definition) is 3. The van der Waals surface area contributed by atoms with E-state index in [4.69, 9.17) is 12.1 Å². The molecule has 0 saturated heterocycles. The first-order chi connectivity index (χ1) is 32.4. The van der Waals surface area contributed by atoms with Gasteiger partial charge in [0.1, 0.15) is 17.2 Å². The molecule has 0 amide bonds. The maximum absolute atomic E-state index is 14.1. The zero-order valence-corrected chi connectivity index (χ0v) is 43.8. The van der Waals surface area contributed by atoms with E-state index < -0.39 is 31.3 Å². The molecule has 4 nitrogen and oxygen atoms in total. The molecule has 8 heteroatoms. The SMILES string of the molecule is CC(C)c1cccc(C(C)C)c1-n1c(-c2[c-]ccc3c2oc2cc(-c4cc(F)cc(F)c4)ccc23)nc2ccc3ccccc3c21.[2H]C([2H])(c1cc(-c2[c-]cccc2)nc[c]1[Ge]([CH3])([CH3])[CH3])C(C)C.[Ir]. The molecule has 3 aromatic heterocycles. The second-order valence-electron chi connectivity index (χ2n) is 19.0. The van der Waals surface area contributed by atoms with E-state index in [1.807, 2.05) is 80.7 Å². The Morgan fingerprint density at radius 1 is 0.701 bits per heavy atom. The van der Waals surface area contributed by atoms with Gasteiger partial charge in [0.25, 0.3) is 0 Å². The van der Waals surface area contributed by atoms with Crippen LogP contribution in [0, 0.1) is 29.7 Å². The number of furan rings is 1. The van der Waals surface area contributed by atoms with Crippen LogP contribution in [0.1, 0.15) is 72.8 Å². The van der Waals surface area contributed by atoms with Gasteiger partial charge in [-0.1, -0.05) is 99.3 Å². The predicted molar refractivity (Wildman–Crippen MR) is 274 cm³/mol. The van der Waals surface area contributed by atoms with Gasteiger partial charge in [0.15, 0.2) is 0 Å². The molecular formula is C59H55F2GeIrN3O-2. The summed E-state index contributed by atoms with van der Waals surface area (Å²) in [5, 5.41) is 4.09. The predicted octanol–water partition coefficient (Wildman–Crippen LogP) is 16.0. The Bertz CT molecular complexity index is 3460. The molecule has 0 unspecified atom stereocenters. The first-order valence-corrected chi connectivity index (χ1v) is 30.1. The summed E-state index contributed by atoms with van der Waals surface area (Å²) in [6, 6.07) is 48.7. The average Bonchev–Trinajstić information content (AvgIpc) is 3.89. The molecule has 0 aliphatic rings. The van der Waals surface area contributed by atoms with Crippen molar-refractivity contribution in [3.8, 4) is 39.5 Å². The van der Waals surface area contributed by atoms with E-state index in [2.05, 4.69) is 121 Å². The van der Waals surface area contributed by atoms with Gasteiger partial charge in [-0.15, -0.1) is 18.2 Å². The summed E-state index contributed by atoms with van der Waals surface area (Å²) in [5.74, 6) is 6.82. The van der Waals surface area contributed by atoms with E-state index in [-0.39, 0.29) is 37.9 Å². The standard InChI is InChI=1S/C41H31F2N2O.C18H24GeN.Ir/c1-23(2)30-11-7-12-31(24(3)4)38(30)45-39-32-10-6-5-9-25(32)16-18-36(39)44-41(45)35-14-8-13-34-33-17-15-26(21-37(33)46-40(34)35)27-19-28(42)22-29(43)20-27;1-14(2)11-16-12-18(15-9-7-6-8-10-15)20-13-17(16)19(3,4)5;/h5-13,15-24H,1-4H3;6-9,12-14H,11H2,1-5H3;/q2*-1;/i;11D2;. The molecule has 0 aliphatic carbocycles. The van der Waals surface area contributed by atoms with Crippen molar-refractivity contribution in [1.82, 2.24) is 14.5 Å². The molecule has 7 aromatic carbocycles. The number of nitrogens with zero attached hydrogens (tertiary/aromatic N) is 3. The van der Waals surface area contributed by atoms with Crippen LogP contribution >= 0.6 is 0 Å². The zero-order valence-electron chi connectivity index (χ0n) is 41.4. The van der Waals surface area contributed by atoms with Crippen LogP contribution in [-0.4, -0.2) is 27.8 Å². The summed E-state index contributed by atoms with van der Waals surface area (Å²) >= 11 is -2.20. The molecule has 0 saturated carbocycles. The maximum Gasteiger partial charge on any atom is 0 e. The minimum Gasteiger partial charge on any atom is 0 e. The quantitative estimate of drug-likeness (QED) is 0.107. The number of fused-ring (bicyclic) bond motifs is 6. The Hall–Kier alpha value is -5.73. The van der Waals surface area contributed by atoms with Gasteiger partial charge in [0.2, 0.25) is 0 Å². The van der Waals surface area contributed by atoms with Crippen molar-refractivity contribution in [2.75, 3.05) is 0 Å². The molecular weight excluding hydrogens is 1070 g/mol. The maximum atomic E-state index is 14.1. The number of rotatable bonds is 9. The van der Waals surface area contributed by atoms with Gasteiger partial charge in [0, 0.05) is 42.6 Å². The van der Waals surface area contributed by atoms with Crippen molar-refractivity contribution in [2.45, 2.75) is 77.0 Å². The zero-order chi connectivity index (χ0) is 48.2. The van der Waals surface area contributed by atoms with Crippen LogP contribution in [-0.2, 0) is 26.5 Å². The number of benzene rings is 7. The molecule has 0 bridgehead atoms. The van der Waals surface area contributed by atoms with Crippen LogP contribution < -0.4 is 4.40 Å². The van der Waals surface area contributed by atoms with Crippen LogP contribution in [0.25, 0.3) is 83.2 Å².